The largest absolute Gasteiger partial charge is 0.390 e. The third-order valence-electron chi connectivity index (χ3n) is 5.24. The minimum Gasteiger partial charge on any atom is -0.342 e. The number of halogens is 4. The molecule has 128 valence electrons. The van der Waals surface area contributed by atoms with Crippen LogP contribution in [0.2, 0.25) is 0 Å². The summed E-state index contributed by atoms with van der Waals surface area (Å²) in [5.74, 6) is 0.393. The Labute approximate surface area is 135 Å². The SMILES string of the molecule is Cl.O=C(C1CC12CCNCC2)N(CCC(F)(F)F)CC1CC1. The second-order valence-corrected chi connectivity index (χ2v) is 6.96. The molecule has 1 spiro atoms. The molecule has 0 bridgehead atoms. The minimum atomic E-state index is -4.18. The summed E-state index contributed by atoms with van der Waals surface area (Å²) >= 11 is 0. The number of rotatable bonds is 5. The first-order chi connectivity index (χ1) is 9.90. The van der Waals surface area contributed by atoms with Gasteiger partial charge in [-0.3, -0.25) is 4.79 Å². The molecule has 3 fully saturated rings. The van der Waals surface area contributed by atoms with Gasteiger partial charge in [-0.2, -0.15) is 13.2 Å². The summed E-state index contributed by atoms with van der Waals surface area (Å²) in [6, 6.07) is 0. The maximum atomic E-state index is 12.6. The monoisotopic (exact) mass is 340 g/mol. The number of piperidine rings is 1. The van der Waals surface area contributed by atoms with Gasteiger partial charge in [0.15, 0.2) is 0 Å². The van der Waals surface area contributed by atoms with E-state index in [9.17, 15) is 18.0 Å². The molecule has 0 radical (unpaired) electrons. The van der Waals surface area contributed by atoms with Crippen molar-refractivity contribution in [3.8, 4) is 0 Å². The Hall–Kier alpha value is -0.490. The highest BCUT2D eigenvalue weighted by atomic mass is 35.5. The molecule has 3 rings (SSSR count). The normalized spacial score (nSPS) is 26.4. The van der Waals surface area contributed by atoms with Crippen molar-refractivity contribution in [1.82, 2.24) is 10.2 Å². The second kappa shape index (κ2) is 6.56. The first-order valence-electron chi connectivity index (χ1n) is 7.96. The predicted molar refractivity (Wildman–Crippen MR) is 79.9 cm³/mol. The molecule has 22 heavy (non-hydrogen) atoms. The van der Waals surface area contributed by atoms with Crippen LogP contribution in [0.3, 0.4) is 0 Å². The molecule has 1 aliphatic heterocycles. The Bertz CT molecular complexity index is 406. The van der Waals surface area contributed by atoms with Gasteiger partial charge in [0.05, 0.1) is 6.42 Å². The van der Waals surface area contributed by atoms with Crippen LogP contribution in [0.15, 0.2) is 0 Å². The third-order valence-corrected chi connectivity index (χ3v) is 5.24. The van der Waals surface area contributed by atoms with E-state index in [4.69, 9.17) is 0 Å². The van der Waals surface area contributed by atoms with E-state index in [2.05, 4.69) is 5.32 Å². The molecule has 1 amide bonds. The Morgan fingerprint density at radius 3 is 2.41 bits per heavy atom. The summed E-state index contributed by atoms with van der Waals surface area (Å²) in [6.07, 6.45) is -0.115. The second-order valence-electron chi connectivity index (χ2n) is 6.96. The summed E-state index contributed by atoms with van der Waals surface area (Å²) in [4.78, 5) is 14.1. The molecule has 2 saturated carbocycles. The summed E-state index contributed by atoms with van der Waals surface area (Å²) in [7, 11) is 0. The molecule has 0 aromatic heterocycles. The highest BCUT2D eigenvalue weighted by Crippen LogP contribution is 2.59. The van der Waals surface area contributed by atoms with E-state index in [0.717, 1.165) is 45.2 Å². The van der Waals surface area contributed by atoms with Crippen molar-refractivity contribution in [1.29, 1.82) is 0 Å². The van der Waals surface area contributed by atoms with Crippen molar-refractivity contribution in [2.45, 2.75) is 44.7 Å². The molecule has 3 aliphatic rings. The van der Waals surface area contributed by atoms with Crippen LogP contribution in [0.5, 0.6) is 0 Å². The van der Waals surface area contributed by atoms with Gasteiger partial charge in [-0.1, -0.05) is 0 Å². The number of carbonyl (C=O) groups excluding carboxylic acids is 1. The van der Waals surface area contributed by atoms with Crippen LogP contribution in [0.1, 0.15) is 38.5 Å². The van der Waals surface area contributed by atoms with E-state index in [1.54, 1.807) is 0 Å². The van der Waals surface area contributed by atoms with Crippen LogP contribution < -0.4 is 5.32 Å². The fourth-order valence-corrected chi connectivity index (χ4v) is 3.56. The van der Waals surface area contributed by atoms with E-state index >= 15 is 0 Å². The molecular weight excluding hydrogens is 317 g/mol. The lowest BCUT2D eigenvalue weighted by atomic mass is 9.91. The van der Waals surface area contributed by atoms with Crippen LogP contribution in [0, 0.1) is 17.3 Å². The van der Waals surface area contributed by atoms with E-state index in [1.807, 2.05) is 0 Å². The lowest BCUT2D eigenvalue weighted by Gasteiger charge is -2.27. The predicted octanol–water partition coefficient (Wildman–Crippen LogP) is 2.99. The lowest BCUT2D eigenvalue weighted by molar-refractivity contribution is -0.146. The van der Waals surface area contributed by atoms with Gasteiger partial charge in [0, 0.05) is 19.0 Å². The van der Waals surface area contributed by atoms with E-state index in [1.165, 1.54) is 4.90 Å². The quantitative estimate of drug-likeness (QED) is 0.834. The molecule has 7 heteroatoms. The fourth-order valence-electron chi connectivity index (χ4n) is 3.56. The van der Waals surface area contributed by atoms with Gasteiger partial charge >= 0.3 is 6.18 Å². The van der Waals surface area contributed by atoms with Crippen molar-refractivity contribution in [3.63, 3.8) is 0 Å². The van der Waals surface area contributed by atoms with Gasteiger partial charge in [-0.25, -0.2) is 0 Å². The highest BCUT2D eigenvalue weighted by Gasteiger charge is 2.58. The zero-order valence-corrected chi connectivity index (χ0v) is 13.4. The number of amides is 1. The lowest BCUT2D eigenvalue weighted by Crippen LogP contribution is -2.39. The standard InChI is InChI=1S/C15H23F3N2O.ClH/c16-15(17,18)5-8-20(10-11-1-2-11)13(21)12-9-14(12)3-6-19-7-4-14;/h11-12,19H,1-10H2;1H. The third kappa shape index (κ3) is 4.28. The Kier molecular flexibility index (Phi) is 5.32. The van der Waals surface area contributed by atoms with Gasteiger partial charge in [0.1, 0.15) is 0 Å². The van der Waals surface area contributed by atoms with Crippen LogP contribution in [0.4, 0.5) is 13.2 Å². The van der Waals surface area contributed by atoms with Crippen LogP contribution in [-0.4, -0.2) is 43.2 Å². The molecule has 1 heterocycles. The maximum Gasteiger partial charge on any atom is 0.390 e. The Morgan fingerprint density at radius 2 is 1.86 bits per heavy atom. The topological polar surface area (TPSA) is 32.3 Å². The first-order valence-corrected chi connectivity index (χ1v) is 7.96. The van der Waals surface area contributed by atoms with Gasteiger partial charge in [-0.05, 0) is 56.5 Å². The molecule has 0 aromatic rings. The number of nitrogens with zero attached hydrogens (tertiary/aromatic N) is 1. The Balaban J connectivity index is 0.00000176. The van der Waals surface area contributed by atoms with Crippen molar-refractivity contribution >= 4 is 18.3 Å². The number of carbonyl (C=O) groups is 1. The Morgan fingerprint density at radius 1 is 1.23 bits per heavy atom. The number of nitrogens with one attached hydrogen (secondary N) is 1. The zero-order valence-electron chi connectivity index (χ0n) is 12.6. The number of hydrogen-bond acceptors (Lipinski definition) is 2. The molecule has 1 N–H and O–H groups in total. The minimum absolute atomic E-state index is 0. The molecule has 1 atom stereocenters. The van der Waals surface area contributed by atoms with Crippen molar-refractivity contribution in [2.24, 2.45) is 17.3 Å². The van der Waals surface area contributed by atoms with Gasteiger partial charge < -0.3 is 10.2 Å². The van der Waals surface area contributed by atoms with Crippen molar-refractivity contribution < 1.29 is 18.0 Å². The molecule has 1 unspecified atom stereocenters. The summed E-state index contributed by atoms with van der Waals surface area (Å²) in [5, 5.41) is 3.28. The van der Waals surface area contributed by atoms with Crippen LogP contribution in [0.25, 0.3) is 0 Å². The van der Waals surface area contributed by atoms with Crippen LogP contribution in [-0.2, 0) is 4.79 Å². The summed E-state index contributed by atoms with van der Waals surface area (Å²) in [6.45, 7) is 2.22. The number of hydrogen-bond donors (Lipinski definition) is 1. The van der Waals surface area contributed by atoms with E-state index in [-0.39, 0.29) is 36.2 Å². The van der Waals surface area contributed by atoms with Crippen molar-refractivity contribution in [2.75, 3.05) is 26.2 Å². The highest BCUT2D eigenvalue weighted by molar-refractivity contribution is 5.85. The average Bonchev–Trinajstić information content (AvgIpc) is 3.32. The fraction of sp³-hybridized carbons (Fsp3) is 0.933. The van der Waals surface area contributed by atoms with Crippen LogP contribution >= 0.6 is 12.4 Å². The van der Waals surface area contributed by atoms with Crippen molar-refractivity contribution in [3.05, 3.63) is 0 Å². The molecule has 3 nitrogen and oxygen atoms in total. The summed E-state index contributed by atoms with van der Waals surface area (Å²) in [5.41, 5.74) is 0.0996. The first kappa shape index (κ1) is 17.9. The average molecular weight is 341 g/mol. The molecule has 0 aromatic carbocycles. The molecule has 1 saturated heterocycles. The summed E-state index contributed by atoms with van der Waals surface area (Å²) < 4.78 is 37.4. The number of alkyl halides is 3. The molecular formula is C15H24ClF3N2O. The van der Waals surface area contributed by atoms with E-state index < -0.39 is 12.6 Å². The zero-order chi connectivity index (χ0) is 15.1. The van der Waals surface area contributed by atoms with E-state index in [0.29, 0.717) is 12.5 Å². The maximum absolute atomic E-state index is 12.6. The molecule has 2 aliphatic carbocycles. The van der Waals surface area contributed by atoms with Gasteiger partial charge in [0.2, 0.25) is 5.91 Å². The van der Waals surface area contributed by atoms with Gasteiger partial charge in [-0.15, -0.1) is 12.4 Å². The smallest absolute Gasteiger partial charge is 0.342 e. The van der Waals surface area contributed by atoms with Gasteiger partial charge in [0.25, 0.3) is 0 Å².